The van der Waals surface area contributed by atoms with E-state index in [1.54, 1.807) is 7.05 Å². The highest BCUT2D eigenvalue weighted by molar-refractivity contribution is 5.76. The first-order chi connectivity index (χ1) is 10.8. The third-order valence-corrected chi connectivity index (χ3v) is 2.89. The Bertz CT molecular complexity index is 497. The van der Waals surface area contributed by atoms with Crippen LogP contribution in [0.15, 0.2) is 30.3 Å². The van der Waals surface area contributed by atoms with Crippen molar-refractivity contribution in [2.24, 2.45) is 0 Å². The van der Waals surface area contributed by atoms with Crippen molar-refractivity contribution in [3.05, 3.63) is 35.9 Å². The van der Waals surface area contributed by atoms with Gasteiger partial charge in [-0.25, -0.2) is 0 Å². The first-order valence-electron chi connectivity index (χ1n) is 7.62. The van der Waals surface area contributed by atoms with Gasteiger partial charge in [-0.05, 0) is 33.4 Å². The zero-order valence-electron chi connectivity index (χ0n) is 14.2. The summed E-state index contributed by atoms with van der Waals surface area (Å²) < 4.78 is 10.4. The number of benzene rings is 1. The van der Waals surface area contributed by atoms with Crippen molar-refractivity contribution < 1.29 is 19.1 Å². The van der Waals surface area contributed by atoms with Crippen LogP contribution >= 0.6 is 0 Å². The molecule has 1 atom stereocenters. The van der Waals surface area contributed by atoms with E-state index in [9.17, 15) is 9.59 Å². The van der Waals surface area contributed by atoms with Crippen molar-refractivity contribution in [2.75, 3.05) is 20.1 Å². The first kappa shape index (κ1) is 19.1. The predicted molar refractivity (Wildman–Crippen MR) is 87.8 cm³/mol. The molecule has 0 aliphatic heterocycles. The van der Waals surface area contributed by atoms with Crippen LogP contribution in [-0.4, -0.2) is 43.7 Å². The quantitative estimate of drug-likeness (QED) is 0.702. The molecule has 0 aromatic heterocycles. The van der Waals surface area contributed by atoms with Gasteiger partial charge in [0, 0.05) is 6.54 Å². The molecule has 1 aromatic carbocycles. The molecule has 0 radical (unpaired) electrons. The number of esters is 2. The number of hydrogen-bond donors (Lipinski definition) is 2. The van der Waals surface area contributed by atoms with E-state index in [4.69, 9.17) is 9.47 Å². The fourth-order valence-electron chi connectivity index (χ4n) is 1.83. The lowest BCUT2D eigenvalue weighted by Crippen LogP contribution is -2.45. The fraction of sp³-hybridized carbons (Fsp3) is 0.529. The van der Waals surface area contributed by atoms with Crippen LogP contribution in [-0.2, 0) is 25.7 Å². The Hall–Kier alpha value is -1.92. The predicted octanol–water partition coefficient (Wildman–Crippen LogP) is 1.25. The maximum absolute atomic E-state index is 12.0. The number of rotatable bonds is 8. The molecular formula is C17H26N2O4. The molecule has 1 unspecified atom stereocenters. The lowest BCUT2D eigenvalue weighted by Gasteiger charge is -2.20. The van der Waals surface area contributed by atoms with Crippen molar-refractivity contribution in [1.82, 2.24) is 10.6 Å². The minimum atomic E-state index is -0.527. The summed E-state index contributed by atoms with van der Waals surface area (Å²) in [5, 5.41) is 5.77. The van der Waals surface area contributed by atoms with Crippen LogP contribution in [0.4, 0.5) is 0 Å². The fourth-order valence-corrected chi connectivity index (χ4v) is 1.83. The Kier molecular flexibility index (Phi) is 7.71. The SMILES string of the molecule is CNC(CNCC(=O)OC(C)(C)C)C(=O)OCc1ccccc1. The molecular weight excluding hydrogens is 296 g/mol. The summed E-state index contributed by atoms with van der Waals surface area (Å²) in [4.78, 5) is 23.6. The van der Waals surface area contributed by atoms with E-state index >= 15 is 0 Å². The molecule has 0 heterocycles. The maximum atomic E-state index is 12.0. The molecule has 0 saturated carbocycles. The van der Waals surface area contributed by atoms with Crippen molar-refractivity contribution in [3.8, 4) is 0 Å². The van der Waals surface area contributed by atoms with Crippen LogP contribution in [0.2, 0.25) is 0 Å². The summed E-state index contributed by atoms with van der Waals surface area (Å²) in [7, 11) is 1.67. The van der Waals surface area contributed by atoms with Crippen LogP contribution in [0.1, 0.15) is 26.3 Å². The van der Waals surface area contributed by atoms with Gasteiger partial charge in [0.15, 0.2) is 0 Å². The molecule has 1 rings (SSSR count). The molecule has 6 heteroatoms. The molecule has 0 aliphatic carbocycles. The number of carbonyl (C=O) groups is 2. The van der Waals surface area contributed by atoms with Gasteiger partial charge in [-0.15, -0.1) is 0 Å². The van der Waals surface area contributed by atoms with Crippen LogP contribution in [0.5, 0.6) is 0 Å². The molecule has 128 valence electrons. The Morgan fingerprint density at radius 3 is 2.39 bits per heavy atom. The van der Waals surface area contributed by atoms with Gasteiger partial charge in [0.2, 0.25) is 0 Å². The Labute approximate surface area is 137 Å². The summed E-state index contributed by atoms with van der Waals surface area (Å²) in [5.41, 5.74) is 0.410. The molecule has 0 saturated heterocycles. The molecule has 2 N–H and O–H groups in total. The van der Waals surface area contributed by atoms with Gasteiger partial charge in [-0.2, -0.15) is 0 Å². The number of carbonyl (C=O) groups excluding carboxylic acids is 2. The largest absolute Gasteiger partial charge is 0.460 e. The highest BCUT2D eigenvalue weighted by atomic mass is 16.6. The highest BCUT2D eigenvalue weighted by Gasteiger charge is 2.20. The van der Waals surface area contributed by atoms with E-state index in [0.29, 0.717) is 0 Å². The van der Waals surface area contributed by atoms with E-state index < -0.39 is 11.6 Å². The molecule has 0 amide bonds. The van der Waals surface area contributed by atoms with Gasteiger partial charge in [0.1, 0.15) is 18.2 Å². The third-order valence-electron chi connectivity index (χ3n) is 2.89. The summed E-state index contributed by atoms with van der Waals surface area (Å²) >= 11 is 0. The number of likely N-dealkylation sites (N-methyl/N-ethyl adjacent to an activating group) is 1. The highest BCUT2D eigenvalue weighted by Crippen LogP contribution is 2.06. The maximum Gasteiger partial charge on any atom is 0.324 e. The molecule has 23 heavy (non-hydrogen) atoms. The van der Waals surface area contributed by atoms with E-state index in [1.807, 2.05) is 51.1 Å². The van der Waals surface area contributed by atoms with Crippen LogP contribution in [0.25, 0.3) is 0 Å². The lowest BCUT2D eigenvalue weighted by molar-refractivity contribution is -0.154. The second-order valence-electron chi connectivity index (χ2n) is 6.15. The Morgan fingerprint density at radius 1 is 1.17 bits per heavy atom. The number of hydrogen-bond acceptors (Lipinski definition) is 6. The molecule has 1 aromatic rings. The van der Waals surface area contributed by atoms with Crippen LogP contribution in [0, 0.1) is 0 Å². The molecule has 0 spiro atoms. The van der Waals surface area contributed by atoms with Gasteiger partial charge >= 0.3 is 11.9 Å². The zero-order chi connectivity index (χ0) is 17.3. The normalized spacial score (nSPS) is 12.5. The van der Waals surface area contributed by atoms with Gasteiger partial charge in [-0.1, -0.05) is 30.3 Å². The standard InChI is InChI=1S/C17H26N2O4/c1-17(2,3)23-15(20)11-19-10-14(18-4)16(21)22-12-13-8-6-5-7-9-13/h5-9,14,18-19H,10-12H2,1-4H3. The summed E-state index contributed by atoms with van der Waals surface area (Å²) in [6.07, 6.45) is 0. The molecule has 0 bridgehead atoms. The van der Waals surface area contributed by atoms with Crippen LogP contribution < -0.4 is 10.6 Å². The third kappa shape index (κ3) is 8.32. The average molecular weight is 322 g/mol. The van der Waals surface area contributed by atoms with Crippen molar-refractivity contribution >= 4 is 11.9 Å². The second kappa shape index (κ2) is 9.27. The monoisotopic (exact) mass is 322 g/mol. The Morgan fingerprint density at radius 2 is 1.83 bits per heavy atom. The van der Waals surface area contributed by atoms with Crippen LogP contribution in [0.3, 0.4) is 0 Å². The van der Waals surface area contributed by atoms with Crippen molar-refractivity contribution in [3.63, 3.8) is 0 Å². The van der Waals surface area contributed by atoms with Crippen molar-refractivity contribution in [1.29, 1.82) is 0 Å². The van der Waals surface area contributed by atoms with Crippen molar-refractivity contribution in [2.45, 2.75) is 39.0 Å². The molecule has 6 nitrogen and oxygen atoms in total. The minimum absolute atomic E-state index is 0.0431. The second-order valence-corrected chi connectivity index (χ2v) is 6.15. The average Bonchev–Trinajstić information content (AvgIpc) is 2.48. The Balaban J connectivity index is 2.32. The summed E-state index contributed by atoms with van der Waals surface area (Å²) in [6.45, 7) is 5.97. The van der Waals surface area contributed by atoms with Gasteiger partial charge in [-0.3, -0.25) is 9.59 Å². The molecule has 0 aliphatic rings. The van der Waals surface area contributed by atoms with E-state index in [0.717, 1.165) is 5.56 Å². The first-order valence-corrected chi connectivity index (χ1v) is 7.62. The summed E-state index contributed by atoms with van der Waals surface area (Å²) in [6, 6.07) is 8.94. The van der Waals surface area contributed by atoms with Gasteiger partial charge < -0.3 is 20.1 Å². The number of ether oxygens (including phenoxy) is 2. The molecule has 0 fully saturated rings. The van der Waals surface area contributed by atoms with Gasteiger partial charge in [0.05, 0.1) is 6.54 Å². The zero-order valence-corrected chi connectivity index (χ0v) is 14.2. The van der Waals surface area contributed by atoms with E-state index in [2.05, 4.69) is 10.6 Å². The number of nitrogens with one attached hydrogen (secondary N) is 2. The minimum Gasteiger partial charge on any atom is -0.460 e. The van der Waals surface area contributed by atoms with E-state index in [-0.39, 0.29) is 31.6 Å². The van der Waals surface area contributed by atoms with E-state index in [1.165, 1.54) is 0 Å². The lowest BCUT2D eigenvalue weighted by atomic mass is 10.2. The summed E-state index contributed by atoms with van der Waals surface area (Å²) in [5.74, 6) is -0.724. The van der Waals surface area contributed by atoms with Gasteiger partial charge in [0.25, 0.3) is 0 Å². The topological polar surface area (TPSA) is 76.7 Å². The smallest absolute Gasteiger partial charge is 0.324 e.